The molecule has 4 rings (SSSR count). The summed E-state index contributed by atoms with van der Waals surface area (Å²) in [5.41, 5.74) is 1.76. The lowest BCUT2D eigenvalue weighted by atomic mass is 10.1. The summed E-state index contributed by atoms with van der Waals surface area (Å²) in [7, 11) is 1.63. The fraction of sp³-hybridized carbons (Fsp3) is 0.462. The molecule has 0 spiro atoms. The van der Waals surface area contributed by atoms with Crippen LogP contribution in [0.2, 0.25) is 0 Å². The Morgan fingerprint density at radius 3 is 2.46 bits per heavy atom. The molecule has 37 heavy (non-hydrogen) atoms. The van der Waals surface area contributed by atoms with E-state index in [0.717, 1.165) is 30.2 Å². The highest BCUT2D eigenvalue weighted by atomic mass is 32.2. The van der Waals surface area contributed by atoms with E-state index in [1.54, 1.807) is 35.9 Å². The van der Waals surface area contributed by atoms with Crippen molar-refractivity contribution in [3.8, 4) is 5.75 Å². The molecule has 0 bridgehead atoms. The van der Waals surface area contributed by atoms with Crippen molar-refractivity contribution in [1.29, 1.82) is 0 Å². The zero-order chi connectivity index (χ0) is 26.4. The molecule has 0 aromatic heterocycles. The Morgan fingerprint density at radius 1 is 1.11 bits per heavy atom. The van der Waals surface area contributed by atoms with E-state index >= 15 is 0 Å². The molecule has 10 nitrogen and oxygen atoms in total. The van der Waals surface area contributed by atoms with E-state index in [2.05, 4.69) is 5.32 Å². The lowest BCUT2D eigenvalue weighted by molar-refractivity contribution is -0.384. The number of rotatable bonds is 8. The summed E-state index contributed by atoms with van der Waals surface area (Å²) in [6, 6.07) is 13.2. The van der Waals surface area contributed by atoms with Gasteiger partial charge < -0.3 is 19.7 Å². The molecule has 0 saturated carbocycles. The molecule has 3 atom stereocenters. The maximum absolute atomic E-state index is 13.6. The van der Waals surface area contributed by atoms with Crippen LogP contribution in [0.4, 0.5) is 10.5 Å². The topological polar surface area (TPSA) is 114 Å². The average Bonchev–Trinajstić information content (AvgIpc) is 3.35. The molecule has 2 aliphatic heterocycles. The molecule has 2 amide bonds. The summed E-state index contributed by atoms with van der Waals surface area (Å²) in [5.74, 6) is 1.51. The Bertz CT molecular complexity index is 1100. The van der Waals surface area contributed by atoms with Gasteiger partial charge in [0.1, 0.15) is 18.4 Å². The van der Waals surface area contributed by atoms with Crippen LogP contribution >= 0.6 is 11.8 Å². The number of likely N-dealkylation sites (tertiary alicyclic amines) is 1. The molecule has 2 aliphatic rings. The number of nitro groups is 1. The number of carbonyl (C=O) groups excluding carboxylic acids is 2. The fourth-order valence-electron chi connectivity index (χ4n) is 4.59. The second kappa shape index (κ2) is 12.3. The van der Waals surface area contributed by atoms with Crippen molar-refractivity contribution in [1.82, 2.24) is 15.1 Å². The molecule has 2 heterocycles. The van der Waals surface area contributed by atoms with Crippen LogP contribution in [0.15, 0.2) is 48.5 Å². The minimum atomic E-state index is -0.585. The van der Waals surface area contributed by atoms with Crippen LogP contribution in [0.3, 0.4) is 0 Å². The van der Waals surface area contributed by atoms with Crippen molar-refractivity contribution in [2.75, 3.05) is 33.3 Å². The van der Waals surface area contributed by atoms with Gasteiger partial charge in [-0.3, -0.25) is 19.8 Å². The number of benzene rings is 2. The molecule has 11 heteroatoms. The fourth-order valence-corrected chi connectivity index (χ4v) is 5.80. The first kappa shape index (κ1) is 26.7. The number of ether oxygens (including phenoxy) is 2. The minimum absolute atomic E-state index is 0.0258. The number of thioether (sulfide) groups is 1. The molecule has 2 saturated heterocycles. The van der Waals surface area contributed by atoms with Gasteiger partial charge >= 0.3 is 6.09 Å². The van der Waals surface area contributed by atoms with Crippen molar-refractivity contribution in [3.63, 3.8) is 0 Å². The maximum Gasteiger partial charge on any atom is 0.410 e. The Balaban J connectivity index is 1.42. The quantitative estimate of drug-likeness (QED) is 0.409. The van der Waals surface area contributed by atoms with Crippen LogP contribution in [0, 0.1) is 10.1 Å². The average molecular weight is 529 g/mol. The number of nitrogens with zero attached hydrogens (tertiary/aromatic N) is 3. The summed E-state index contributed by atoms with van der Waals surface area (Å²) < 4.78 is 10.8. The van der Waals surface area contributed by atoms with Gasteiger partial charge in [0.15, 0.2) is 0 Å². The van der Waals surface area contributed by atoms with Crippen LogP contribution in [0.5, 0.6) is 5.75 Å². The highest BCUT2D eigenvalue weighted by Gasteiger charge is 2.43. The van der Waals surface area contributed by atoms with Crippen molar-refractivity contribution >= 4 is 29.4 Å². The molecule has 2 fully saturated rings. The van der Waals surface area contributed by atoms with E-state index in [1.807, 2.05) is 36.1 Å². The predicted octanol–water partition coefficient (Wildman–Crippen LogP) is 3.44. The summed E-state index contributed by atoms with van der Waals surface area (Å²) in [4.78, 5) is 40.5. The Labute approximate surface area is 220 Å². The normalized spacial score (nSPS) is 21.5. The molecule has 198 valence electrons. The van der Waals surface area contributed by atoms with E-state index in [4.69, 9.17) is 9.47 Å². The van der Waals surface area contributed by atoms with Crippen LogP contribution in [-0.2, 0) is 21.9 Å². The standard InChI is InChI=1S/C26H32N4O6S/c1-18-14-27-11-12-28(18)25(31)24-13-23(37-17-20-5-9-22(35-2)10-6-20)15-29(24)26(32)36-16-19-3-7-21(8-4-19)30(33)34/h3-10,18,23-24,27H,11-17H2,1-2H3/t18?,23-,24-/m0/s1. The number of non-ortho nitro benzene ring substituents is 1. The van der Waals surface area contributed by atoms with E-state index in [1.165, 1.54) is 12.1 Å². The Kier molecular flexibility index (Phi) is 8.88. The number of amides is 2. The molecule has 2 aromatic rings. The smallest absolute Gasteiger partial charge is 0.410 e. The largest absolute Gasteiger partial charge is 0.497 e. The third kappa shape index (κ3) is 6.72. The second-order valence-electron chi connectivity index (χ2n) is 9.25. The SMILES string of the molecule is COc1ccc(CS[C@H]2C[C@@H](C(=O)N3CCNCC3C)N(C(=O)OCc3ccc([N+](=O)[O-])cc3)C2)cc1. The van der Waals surface area contributed by atoms with Gasteiger partial charge in [0.25, 0.3) is 5.69 Å². The highest BCUT2D eigenvalue weighted by Crippen LogP contribution is 2.32. The predicted molar refractivity (Wildman–Crippen MR) is 141 cm³/mol. The van der Waals surface area contributed by atoms with E-state index in [9.17, 15) is 19.7 Å². The summed E-state index contributed by atoms with van der Waals surface area (Å²) >= 11 is 1.72. The number of methoxy groups -OCH3 is 1. The minimum Gasteiger partial charge on any atom is -0.497 e. The van der Waals surface area contributed by atoms with Gasteiger partial charge in [-0.15, -0.1) is 0 Å². The van der Waals surface area contributed by atoms with Crippen LogP contribution in [0.25, 0.3) is 0 Å². The van der Waals surface area contributed by atoms with Crippen molar-refractivity contribution in [2.45, 2.75) is 43.0 Å². The molecule has 1 unspecified atom stereocenters. The molecule has 2 aromatic carbocycles. The van der Waals surface area contributed by atoms with Gasteiger partial charge in [0.05, 0.1) is 12.0 Å². The van der Waals surface area contributed by atoms with Gasteiger partial charge in [-0.05, 0) is 48.7 Å². The monoisotopic (exact) mass is 528 g/mol. The number of nitrogens with one attached hydrogen (secondary N) is 1. The van der Waals surface area contributed by atoms with Crippen molar-refractivity contribution in [3.05, 3.63) is 69.8 Å². The number of hydrogen-bond acceptors (Lipinski definition) is 8. The van der Waals surface area contributed by atoms with Gasteiger partial charge in [-0.2, -0.15) is 11.8 Å². The summed E-state index contributed by atoms with van der Waals surface area (Å²) in [5, 5.41) is 14.3. The third-order valence-corrected chi connectivity index (χ3v) is 8.03. The molecule has 0 radical (unpaired) electrons. The van der Waals surface area contributed by atoms with E-state index < -0.39 is 17.1 Å². The summed E-state index contributed by atoms with van der Waals surface area (Å²) in [6.45, 7) is 4.44. The van der Waals surface area contributed by atoms with Gasteiger partial charge in [-0.1, -0.05) is 12.1 Å². The van der Waals surface area contributed by atoms with Crippen molar-refractivity contribution in [2.24, 2.45) is 0 Å². The van der Waals surface area contributed by atoms with Crippen molar-refractivity contribution < 1.29 is 24.0 Å². The number of carbonyl (C=O) groups is 2. The first-order chi connectivity index (χ1) is 17.9. The number of piperazine rings is 1. The van der Waals surface area contributed by atoms with Crippen LogP contribution in [0.1, 0.15) is 24.5 Å². The Morgan fingerprint density at radius 2 is 1.81 bits per heavy atom. The molecule has 1 N–H and O–H groups in total. The second-order valence-corrected chi connectivity index (χ2v) is 10.5. The highest BCUT2D eigenvalue weighted by molar-refractivity contribution is 7.99. The third-order valence-electron chi connectivity index (χ3n) is 6.72. The van der Waals surface area contributed by atoms with Gasteiger partial charge in [0, 0.05) is 55.4 Å². The molecular formula is C26H32N4O6S. The first-order valence-electron chi connectivity index (χ1n) is 12.3. The van der Waals surface area contributed by atoms with E-state index in [0.29, 0.717) is 25.1 Å². The molecular weight excluding hydrogens is 496 g/mol. The van der Waals surface area contributed by atoms with E-state index in [-0.39, 0.29) is 29.5 Å². The maximum atomic E-state index is 13.6. The van der Waals surface area contributed by atoms with Gasteiger partial charge in [-0.25, -0.2) is 4.79 Å². The number of hydrogen-bond donors (Lipinski definition) is 1. The van der Waals surface area contributed by atoms with Gasteiger partial charge in [0.2, 0.25) is 5.91 Å². The van der Waals surface area contributed by atoms with Crippen LogP contribution < -0.4 is 10.1 Å². The summed E-state index contributed by atoms with van der Waals surface area (Å²) in [6.07, 6.45) is 0.00943. The Hall–Kier alpha value is -3.31. The molecule has 0 aliphatic carbocycles. The lowest BCUT2D eigenvalue weighted by Gasteiger charge is -2.37. The zero-order valence-electron chi connectivity index (χ0n) is 21.0. The lowest BCUT2D eigenvalue weighted by Crippen LogP contribution is -2.57. The number of nitro benzene ring substituents is 1. The van der Waals surface area contributed by atoms with Crippen LogP contribution in [-0.4, -0.2) is 77.3 Å². The first-order valence-corrected chi connectivity index (χ1v) is 13.3. The zero-order valence-corrected chi connectivity index (χ0v) is 21.8.